The van der Waals surface area contributed by atoms with Crippen molar-refractivity contribution in [3.05, 3.63) is 65.7 Å². The van der Waals surface area contributed by atoms with Crippen LogP contribution < -0.4 is 4.74 Å². The molecule has 0 saturated carbocycles. The van der Waals surface area contributed by atoms with E-state index in [-0.39, 0.29) is 0 Å². The van der Waals surface area contributed by atoms with Crippen molar-refractivity contribution in [1.29, 1.82) is 0 Å². The van der Waals surface area contributed by atoms with E-state index in [0.29, 0.717) is 0 Å². The fourth-order valence-corrected chi connectivity index (χ4v) is 3.00. The van der Waals surface area contributed by atoms with E-state index in [1.165, 1.54) is 5.56 Å². The third kappa shape index (κ3) is 3.52. The average molecular weight is 296 g/mol. The molecule has 0 fully saturated rings. The summed E-state index contributed by atoms with van der Waals surface area (Å²) in [4.78, 5) is 0. The molecule has 0 amide bonds. The number of methoxy groups -OCH3 is 1. The van der Waals surface area contributed by atoms with Gasteiger partial charge in [-0.2, -0.15) is 5.10 Å². The van der Waals surface area contributed by atoms with Gasteiger partial charge in [-0.1, -0.05) is 30.3 Å². The maximum Gasteiger partial charge on any atom is 0.118 e. The van der Waals surface area contributed by atoms with Gasteiger partial charge in [0.2, 0.25) is 0 Å². The van der Waals surface area contributed by atoms with Gasteiger partial charge in [0.15, 0.2) is 0 Å². The van der Waals surface area contributed by atoms with E-state index >= 15 is 0 Å². The highest BCUT2D eigenvalue weighted by molar-refractivity contribution is 8.14. The lowest BCUT2D eigenvalue weighted by Crippen LogP contribution is -2.12. The normalized spacial score (nSPS) is 14.3. The third-order valence-electron chi connectivity index (χ3n) is 3.28. The molecule has 1 aliphatic heterocycles. The van der Waals surface area contributed by atoms with E-state index in [4.69, 9.17) is 4.74 Å². The molecule has 106 valence electrons. The first-order chi connectivity index (χ1) is 10.3. The Hall–Kier alpha value is -2.07. The topological polar surface area (TPSA) is 34.0 Å². The largest absolute Gasteiger partial charge is 0.497 e. The summed E-state index contributed by atoms with van der Waals surface area (Å²) in [6.45, 7) is 0. The van der Waals surface area contributed by atoms with Crippen LogP contribution in [0.2, 0.25) is 0 Å². The molecule has 0 unspecified atom stereocenters. The zero-order valence-electron chi connectivity index (χ0n) is 11.8. The first kappa shape index (κ1) is 13.9. The molecule has 0 saturated heterocycles. The number of hydrogen-bond acceptors (Lipinski definition) is 4. The van der Waals surface area contributed by atoms with Crippen LogP contribution in [0.15, 0.2) is 64.8 Å². The van der Waals surface area contributed by atoms with Crippen molar-refractivity contribution in [2.45, 2.75) is 6.42 Å². The Morgan fingerprint density at radius 2 is 1.76 bits per heavy atom. The van der Waals surface area contributed by atoms with Crippen LogP contribution in [0, 0.1) is 0 Å². The minimum Gasteiger partial charge on any atom is -0.497 e. The summed E-state index contributed by atoms with van der Waals surface area (Å²) < 4.78 is 5.17. The van der Waals surface area contributed by atoms with Gasteiger partial charge in [0, 0.05) is 12.2 Å². The summed E-state index contributed by atoms with van der Waals surface area (Å²) in [5, 5.41) is 9.81. The first-order valence-electron chi connectivity index (χ1n) is 6.80. The highest BCUT2D eigenvalue weighted by Crippen LogP contribution is 2.20. The Kier molecular flexibility index (Phi) is 4.36. The van der Waals surface area contributed by atoms with Crippen molar-refractivity contribution in [1.82, 2.24) is 0 Å². The van der Waals surface area contributed by atoms with Gasteiger partial charge in [0.25, 0.3) is 0 Å². The molecule has 3 nitrogen and oxygen atoms in total. The predicted molar refractivity (Wildman–Crippen MR) is 89.6 cm³/mol. The lowest BCUT2D eigenvalue weighted by atomic mass is 10.1. The predicted octanol–water partition coefficient (Wildman–Crippen LogP) is 3.79. The Bertz CT molecular complexity index is 663. The summed E-state index contributed by atoms with van der Waals surface area (Å²) in [7, 11) is 1.67. The lowest BCUT2D eigenvalue weighted by Gasteiger charge is -2.12. The monoisotopic (exact) mass is 296 g/mol. The minimum atomic E-state index is 0.852. The Morgan fingerprint density at radius 1 is 1.00 bits per heavy atom. The van der Waals surface area contributed by atoms with Gasteiger partial charge < -0.3 is 4.74 Å². The molecule has 2 aromatic carbocycles. The van der Waals surface area contributed by atoms with Crippen molar-refractivity contribution in [3.8, 4) is 5.75 Å². The summed E-state index contributed by atoms with van der Waals surface area (Å²) in [6.07, 6.45) is 0.852. The van der Waals surface area contributed by atoms with E-state index in [0.717, 1.165) is 34.2 Å². The molecule has 0 N–H and O–H groups in total. The van der Waals surface area contributed by atoms with Crippen LogP contribution in [0.25, 0.3) is 0 Å². The second-order valence-electron chi connectivity index (χ2n) is 4.72. The molecule has 4 heteroatoms. The summed E-state index contributed by atoms with van der Waals surface area (Å²) in [5.74, 6) is 1.72. The van der Waals surface area contributed by atoms with E-state index in [1.54, 1.807) is 18.9 Å². The van der Waals surface area contributed by atoms with Gasteiger partial charge in [-0.05, 0) is 35.4 Å². The smallest absolute Gasteiger partial charge is 0.118 e. The molecule has 3 rings (SSSR count). The number of ether oxygens (including phenoxy) is 1. The van der Waals surface area contributed by atoms with Gasteiger partial charge in [0.1, 0.15) is 10.8 Å². The fourth-order valence-electron chi connectivity index (χ4n) is 2.11. The zero-order chi connectivity index (χ0) is 14.5. The molecule has 1 heterocycles. The molecular formula is C17H16N2OS. The van der Waals surface area contributed by atoms with Crippen LogP contribution in [0.1, 0.15) is 11.1 Å². The van der Waals surface area contributed by atoms with Gasteiger partial charge in [-0.3, -0.25) is 0 Å². The second-order valence-corrected chi connectivity index (χ2v) is 5.77. The lowest BCUT2D eigenvalue weighted by molar-refractivity contribution is 0.415. The maximum absolute atomic E-state index is 5.17. The maximum atomic E-state index is 5.17. The van der Waals surface area contributed by atoms with Crippen molar-refractivity contribution < 1.29 is 4.74 Å². The Labute approximate surface area is 128 Å². The standard InChI is InChI=1S/C17H16N2OS/c1-20-15-9-7-14(8-10-15)16-12-21-17(19-18-16)11-13-5-3-2-4-6-13/h2-10H,11-12H2,1H3. The molecule has 0 aromatic heterocycles. The van der Waals surface area contributed by atoms with Gasteiger partial charge in [-0.25, -0.2) is 0 Å². The molecule has 1 aliphatic rings. The molecule has 0 aliphatic carbocycles. The van der Waals surface area contributed by atoms with Gasteiger partial charge >= 0.3 is 0 Å². The van der Waals surface area contributed by atoms with Gasteiger partial charge in [-0.15, -0.1) is 16.9 Å². The second kappa shape index (κ2) is 6.59. The molecule has 0 spiro atoms. The summed E-state index contributed by atoms with van der Waals surface area (Å²) in [6, 6.07) is 18.3. The minimum absolute atomic E-state index is 0.852. The number of nitrogens with zero attached hydrogens (tertiary/aromatic N) is 2. The molecular weight excluding hydrogens is 280 g/mol. The van der Waals surface area contributed by atoms with Gasteiger partial charge in [0.05, 0.1) is 12.8 Å². The first-order valence-corrected chi connectivity index (χ1v) is 7.78. The average Bonchev–Trinajstić information content (AvgIpc) is 2.57. The Morgan fingerprint density at radius 3 is 2.38 bits per heavy atom. The van der Waals surface area contributed by atoms with Crippen molar-refractivity contribution in [2.75, 3.05) is 12.9 Å². The third-order valence-corrected chi connectivity index (χ3v) is 4.26. The van der Waals surface area contributed by atoms with Crippen LogP contribution >= 0.6 is 11.8 Å². The molecule has 2 aromatic rings. The highest BCUT2D eigenvalue weighted by atomic mass is 32.2. The van der Waals surface area contributed by atoms with E-state index in [1.807, 2.05) is 30.3 Å². The fraction of sp³-hybridized carbons (Fsp3) is 0.176. The number of rotatable bonds is 4. The van der Waals surface area contributed by atoms with Crippen LogP contribution in [0.5, 0.6) is 5.75 Å². The van der Waals surface area contributed by atoms with Crippen molar-refractivity contribution in [3.63, 3.8) is 0 Å². The quantitative estimate of drug-likeness (QED) is 0.860. The molecule has 0 radical (unpaired) electrons. The van der Waals surface area contributed by atoms with Crippen molar-refractivity contribution >= 4 is 22.5 Å². The highest BCUT2D eigenvalue weighted by Gasteiger charge is 2.12. The Balaban J connectivity index is 1.72. The number of thioether (sulfide) groups is 1. The van der Waals surface area contributed by atoms with Crippen molar-refractivity contribution in [2.24, 2.45) is 10.2 Å². The van der Waals surface area contributed by atoms with Crippen LogP contribution in [0.4, 0.5) is 0 Å². The SMILES string of the molecule is COc1ccc(C2=NN=C(Cc3ccccc3)SC2)cc1. The van der Waals surface area contributed by atoms with Crippen LogP contribution in [0.3, 0.4) is 0 Å². The zero-order valence-corrected chi connectivity index (χ0v) is 12.6. The summed E-state index contributed by atoms with van der Waals surface area (Å²) >= 11 is 1.76. The van der Waals surface area contributed by atoms with E-state index in [9.17, 15) is 0 Å². The number of hydrogen-bond donors (Lipinski definition) is 0. The number of benzene rings is 2. The van der Waals surface area contributed by atoms with Crippen LogP contribution in [-0.2, 0) is 6.42 Å². The van der Waals surface area contributed by atoms with Crippen LogP contribution in [-0.4, -0.2) is 23.6 Å². The van der Waals surface area contributed by atoms with E-state index in [2.05, 4.69) is 34.5 Å². The van der Waals surface area contributed by atoms with E-state index < -0.39 is 0 Å². The summed E-state index contributed by atoms with van der Waals surface area (Å²) in [5.41, 5.74) is 3.39. The molecule has 21 heavy (non-hydrogen) atoms. The molecule has 0 atom stereocenters. The molecule has 0 bridgehead atoms.